The van der Waals surface area contributed by atoms with Crippen LogP contribution in [-0.4, -0.2) is 0 Å². The molecule has 1 unspecified atom stereocenters. The van der Waals surface area contributed by atoms with Gasteiger partial charge in [0.15, 0.2) is 0 Å². The van der Waals surface area contributed by atoms with Gasteiger partial charge in [-0.1, -0.05) is 39.7 Å². The van der Waals surface area contributed by atoms with E-state index >= 15 is 0 Å². The molecular weight excluding hydrogens is 383 g/mol. The molecule has 0 spiro atoms. The predicted octanol–water partition coefficient (Wildman–Crippen LogP) is 6.15. The summed E-state index contributed by atoms with van der Waals surface area (Å²) in [6, 6.07) is 10.2. The van der Waals surface area contributed by atoms with E-state index in [-0.39, 0.29) is 0 Å². The maximum absolute atomic E-state index is 5.87. The summed E-state index contributed by atoms with van der Waals surface area (Å²) in [5.74, 6) is 0. The zero-order chi connectivity index (χ0) is 12.4. The molecule has 0 bridgehead atoms. The highest BCUT2D eigenvalue weighted by atomic mass is 79.9. The first-order valence-electron chi connectivity index (χ1n) is 5.20. The average molecular weight is 395 g/mol. The van der Waals surface area contributed by atoms with Crippen molar-refractivity contribution in [3.63, 3.8) is 0 Å². The van der Waals surface area contributed by atoms with Crippen LogP contribution in [0.4, 0.5) is 0 Å². The fourth-order valence-corrected chi connectivity index (χ4v) is 4.02. The van der Waals surface area contributed by atoms with E-state index < -0.39 is 0 Å². The van der Waals surface area contributed by atoms with Gasteiger partial charge in [0.05, 0.1) is 4.83 Å². The first kappa shape index (κ1) is 13.6. The molecular formula is C13H11Br2ClS. The van der Waals surface area contributed by atoms with Crippen LogP contribution in [-0.2, 0) is 6.42 Å². The highest BCUT2D eigenvalue weighted by molar-refractivity contribution is 9.10. The highest BCUT2D eigenvalue weighted by Gasteiger charge is 2.12. The van der Waals surface area contributed by atoms with Crippen molar-refractivity contribution in [2.45, 2.75) is 18.2 Å². The van der Waals surface area contributed by atoms with Crippen molar-refractivity contribution < 1.29 is 0 Å². The van der Waals surface area contributed by atoms with Crippen molar-refractivity contribution in [1.29, 1.82) is 0 Å². The van der Waals surface area contributed by atoms with Gasteiger partial charge >= 0.3 is 0 Å². The second kappa shape index (κ2) is 5.87. The summed E-state index contributed by atoms with van der Waals surface area (Å²) in [6.07, 6.45) is 0.976. The van der Waals surface area contributed by atoms with Crippen LogP contribution in [0, 0.1) is 6.92 Å². The van der Waals surface area contributed by atoms with Gasteiger partial charge in [-0.25, -0.2) is 0 Å². The number of thiophene rings is 1. The van der Waals surface area contributed by atoms with Crippen LogP contribution >= 0.6 is 54.8 Å². The number of rotatable bonds is 3. The molecule has 0 aliphatic carbocycles. The maximum atomic E-state index is 5.87. The van der Waals surface area contributed by atoms with E-state index in [0.29, 0.717) is 4.83 Å². The Morgan fingerprint density at radius 2 is 1.94 bits per heavy atom. The van der Waals surface area contributed by atoms with E-state index in [4.69, 9.17) is 11.6 Å². The number of benzene rings is 1. The van der Waals surface area contributed by atoms with Gasteiger partial charge in [0, 0.05) is 19.2 Å². The number of alkyl halides is 1. The Morgan fingerprint density at radius 3 is 2.47 bits per heavy atom. The molecule has 0 amide bonds. The minimum atomic E-state index is 0.360. The topological polar surface area (TPSA) is 0 Å². The van der Waals surface area contributed by atoms with Gasteiger partial charge in [-0.05, 0) is 53.0 Å². The van der Waals surface area contributed by atoms with Crippen LogP contribution in [0.2, 0.25) is 5.02 Å². The molecule has 17 heavy (non-hydrogen) atoms. The van der Waals surface area contributed by atoms with Crippen molar-refractivity contribution in [2.24, 2.45) is 0 Å². The lowest BCUT2D eigenvalue weighted by Gasteiger charge is -2.07. The smallest absolute Gasteiger partial charge is 0.0529 e. The number of halogens is 3. The summed E-state index contributed by atoms with van der Waals surface area (Å²) >= 11 is 15.0. The zero-order valence-electron chi connectivity index (χ0n) is 9.21. The lowest BCUT2D eigenvalue weighted by atomic mass is 10.1. The summed E-state index contributed by atoms with van der Waals surface area (Å²) in [4.78, 5) is 3.03. The second-order valence-corrected chi connectivity index (χ2v) is 7.54. The van der Waals surface area contributed by atoms with Gasteiger partial charge in [-0.15, -0.1) is 11.3 Å². The maximum Gasteiger partial charge on any atom is 0.0529 e. The SMILES string of the molecule is Cc1sc(C(Br)Cc2ccc(Cl)cc2)cc1Br. The van der Waals surface area contributed by atoms with Gasteiger partial charge in [0.2, 0.25) is 0 Å². The molecule has 0 aliphatic heterocycles. The Morgan fingerprint density at radius 1 is 1.29 bits per heavy atom. The molecule has 1 aromatic carbocycles. The van der Waals surface area contributed by atoms with Gasteiger partial charge in [0.1, 0.15) is 0 Å². The van der Waals surface area contributed by atoms with Crippen LogP contribution in [0.5, 0.6) is 0 Å². The fourth-order valence-electron chi connectivity index (χ4n) is 1.56. The van der Waals surface area contributed by atoms with E-state index in [9.17, 15) is 0 Å². The molecule has 4 heteroatoms. The van der Waals surface area contributed by atoms with Crippen molar-refractivity contribution >= 4 is 54.8 Å². The Kier molecular flexibility index (Phi) is 4.70. The van der Waals surface area contributed by atoms with Gasteiger partial charge in [0.25, 0.3) is 0 Å². The van der Waals surface area contributed by atoms with E-state index in [1.165, 1.54) is 19.8 Å². The van der Waals surface area contributed by atoms with Gasteiger partial charge < -0.3 is 0 Å². The van der Waals surface area contributed by atoms with Crippen molar-refractivity contribution in [1.82, 2.24) is 0 Å². The molecule has 0 aliphatic rings. The molecule has 0 N–H and O–H groups in total. The fraction of sp³-hybridized carbons (Fsp3) is 0.231. The van der Waals surface area contributed by atoms with Crippen LogP contribution in [0.25, 0.3) is 0 Å². The van der Waals surface area contributed by atoms with Crippen molar-refractivity contribution in [3.05, 3.63) is 55.1 Å². The van der Waals surface area contributed by atoms with E-state index in [1.54, 1.807) is 0 Å². The Bertz CT molecular complexity index is 485. The summed E-state index contributed by atoms with van der Waals surface area (Å²) in [5, 5.41) is 0.787. The molecule has 90 valence electrons. The monoisotopic (exact) mass is 392 g/mol. The van der Waals surface area contributed by atoms with Crippen LogP contribution in [0.15, 0.2) is 34.8 Å². The second-order valence-electron chi connectivity index (χ2n) is 3.85. The zero-order valence-corrected chi connectivity index (χ0v) is 14.0. The van der Waals surface area contributed by atoms with Crippen molar-refractivity contribution in [2.75, 3.05) is 0 Å². The summed E-state index contributed by atoms with van der Waals surface area (Å²) in [5.41, 5.74) is 1.29. The summed E-state index contributed by atoms with van der Waals surface area (Å²) < 4.78 is 1.19. The third-order valence-electron chi connectivity index (χ3n) is 2.51. The Balaban J connectivity index is 2.11. The van der Waals surface area contributed by atoms with Crippen LogP contribution in [0.1, 0.15) is 20.1 Å². The molecule has 0 radical (unpaired) electrons. The molecule has 0 saturated heterocycles. The van der Waals surface area contributed by atoms with Gasteiger partial charge in [-0.2, -0.15) is 0 Å². The standard InChI is InChI=1S/C13H11Br2ClS/c1-8-11(14)7-13(17-8)12(15)6-9-2-4-10(16)5-3-9/h2-5,7,12H,6H2,1H3. The molecule has 1 heterocycles. The molecule has 2 aromatic rings. The molecule has 1 atom stereocenters. The van der Waals surface area contributed by atoms with Crippen molar-refractivity contribution in [3.8, 4) is 0 Å². The molecule has 0 nitrogen and oxygen atoms in total. The molecule has 0 saturated carbocycles. The van der Waals surface area contributed by atoms with E-state index in [1.807, 2.05) is 23.5 Å². The largest absolute Gasteiger partial charge is 0.143 e. The van der Waals surface area contributed by atoms with E-state index in [2.05, 4.69) is 57.0 Å². The Hall–Kier alpha value is 0.170. The normalized spacial score (nSPS) is 12.7. The summed E-state index contributed by atoms with van der Waals surface area (Å²) in [6.45, 7) is 2.13. The first-order valence-corrected chi connectivity index (χ1v) is 8.11. The van der Waals surface area contributed by atoms with Crippen LogP contribution < -0.4 is 0 Å². The minimum Gasteiger partial charge on any atom is -0.143 e. The lowest BCUT2D eigenvalue weighted by molar-refractivity contribution is 0.969. The number of aryl methyl sites for hydroxylation is 1. The number of hydrogen-bond donors (Lipinski definition) is 0. The Labute approximate surface area is 127 Å². The van der Waals surface area contributed by atoms with E-state index in [0.717, 1.165) is 11.4 Å². The number of hydrogen-bond acceptors (Lipinski definition) is 1. The minimum absolute atomic E-state index is 0.360. The lowest BCUT2D eigenvalue weighted by Crippen LogP contribution is -1.92. The van der Waals surface area contributed by atoms with Gasteiger partial charge in [-0.3, -0.25) is 0 Å². The third-order valence-corrected chi connectivity index (χ3v) is 6.14. The highest BCUT2D eigenvalue weighted by Crippen LogP contribution is 2.36. The third kappa shape index (κ3) is 3.57. The molecule has 2 rings (SSSR count). The predicted molar refractivity (Wildman–Crippen MR) is 83.6 cm³/mol. The quantitative estimate of drug-likeness (QED) is 0.548. The molecule has 1 aromatic heterocycles. The van der Waals surface area contributed by atoms with Crippen LogP contribution in [0.3, 0.4) is 0 Å². The first-order chi connectivity index (χ1) is 8.06. The summed E-state index contributed by atoms with van der Waals surface area (Å²) in [7, 11) is 0. The molecule has 0 fully saturated rings. The average Bonchev–Trinajstić information content (AvgIpc) is 2.63.